The smallest absolute Gasteiger partial charge is 0.343 e. The van der Waals surface area contributed by atoms with E-state index >= 15 is 0 Å². The van der Waals surface area contributed by atoms with Crippen molar-refractivity contribution < 1.29 is 33.3 Å². The number of carbonyl (C=O) groups excluding carboxylic acids is 2. The summed E-state index contributed by atoms with van der Waals surface area (Å²) in [5.74, 6) is 1.07. The van der Waals surface area contributed by atoms with Gasteiger partial charge in [0.25, 0.3) is 5.91 Å². The summed E-state index contributed by atoms with van der Waals surface area (Å²) in [5.41, 5.74) is 3.72. The summed E-state index contributed by atoms with van der Waals surface area (Å²) in [4.78, 5) is 24.9. The molecule has 0 radical (unpaired) electrons. The SMILES string of the molecule is COc1ccc(C(=O)Oc2cccc(/C=N/NC(=O)c3cc(OC)c(OC)c(OC)c3)c2)cc1. The predicted molar refractivity (Wildman–Crippen MR) is 126 cm³/mol. The molecule has 0 fully saturated rings. The molecule has 0 aromatic heterocycles. The van der Waals surface area contributed by atoms with Crippen molar-refractivity contribution in [2.45, 2.75) is 0 Å². The van der Waals surface area contributed by atoms with Gasteiger partial charge in [-0.3, -0.25) is 4.79 Å². The average Bonchev–Trinajstić information content (AvgIpc) is 2.87. The Hall–Kier alpha value is -4.53. The maximum Gasteiger partial charge on any atom is 0.343 e. The standard InChI is InChI=1S/C25H24N2O7/c1-30-19-10-8-17(9-11-19)25(29)34-20-7-5-6-16(12-20)15-26-27-24(28)18-13-21(31-2)23(33-4)22(14-18)32-3/h5-15H,1-4H3,(H,27,28)/b26-15+. The summed E-state index contributed by atoms with van der Waals surface area (Å²) in [7, 11) is 5.96. The van der Waals surface area contributed by atoms with Gasteiger partial charge in [-0.25, -0.2) is 10.2 Å². The molecule has 0 aliphatic rings. The molecule has 3 aromatic rings. The van der Waals surface area contributed by atoms with Gasteiger partial charge in [0, 0.05) is 5.56 Å². The maximum absolute atomic E-state index is 12.5. The molecule has 176 valence electrons. The number of methoxy groups -OCH3 is 4. The number of hydrogen-bond donors (Lipinski definition) is 1. The number of esters is 1. The first-order valence-corrected chi connectivity index (χ1v) is 10.1. The average molecular weight is 464 g/mol. The topological polar surface area (TPSA) is 105 Å². The van der Waals surface area contributed by atoms with Crippen molar-refractivity contribution >= 4 is 18.1 Å². The molecule has 3 aromatic carbocycles. The number of rotatable bonds is 9. The highest BCUT2D eigenvalue weighted by atomic mass is 16.5. The Morgan fingerprint density at radius 1 is 0.765 bits per heavy atom. The fraction of sp³-hybridized carbons (Fsp3) is 0.160. The molecule has 0 spiro atoms. The lowest BCUT2D eigenvalue weighted by Crippen LogP contribution is -2.18. The zero-order valence-corrected chi connectivity index (χ0v) is 19.2. The van der Waals surface area contributed by atoms with Crippen molar-refractivity contribution in [1.82, 2.24) is 5.43 Å². The minimum Gasteiger partial charge on any atom is -0.497 e. The highest BCUT2D eigenvalue weighted by Crippen LogP contribution is 2.38. The first-order chi connectivity index (χ1) is 16.5. The van der Waals surface area contributed by atoms with Crippen LogP contribution in [0.15, 0.2) is 65.8 Å². The number of nitrogens with zero attached hydrogens (tertiary/aromatic N) is 1. The molecule has 0 atom stereocenters. The maximum atomic E-state index is 12.5. The second-order valence-electron chi connectivity index (χ2n) is 6.80. The zero-order valence-electron chi connectivity index (χ0n) is 19.2. The number of hydrogen-bond acceptors (Lipinski definition) is 8. The first kappa shape index (κ1) is 24.1. The van der Waals surface area contributed by atoms with Crippen LogP contribution in [0.25, 0.3) is 0 Å². The van der Waals surface area contributed by atoms with Gasteiger partial charge in [0.2, 0.25) is 5.75 Å². The van der Waals surface area contributed by atoms with Gasteiger partial charge >= 0.3 is 5.97 Å². The van der Waals surface area contributed by atoms with Gasteiger partial charge in [-0.2, -0.15) is 5.10 Å². The summed E-state index contributed by atoms with van der Waals surface area (Å²) in [6.07, 6.45) is 1.43. The van der Waals surface area contributed by atoms with E-state index in [9.17, 15) is 9.59 Å². The minimum absolute atomic E-state index is 0.272. The van der Waals surface area contributed by atoms with Crippen LogP contribution in [0.4, 0.5) is 0 Å². The second kappa shape index (κ2) is 11.4. The molecule has 9 heteroatoms. The van der Waals surface area contributed by atoms with Gasteiger partial charge in [0.15, 0.2) is 11.5 Å². The summed E-state index contributed by atoms with van der Waals surface area (Å²) in [5, 5.41) is 3.98. The molecule has 0 heterocycles. The van der Waals surface area contributed by atoms with Gasteiger partial charge in [-0.05, 0) is 54.1 Å². The number of ether oxygens (including phenoxy) is 5. The largest absolute Gasteiger partial charge is 0.497 e. The van der Waals surface area contributed by atoms with E-state index in [0.717, 1.165) is 0 Å². The molecule has 9 nitrogen and oxygen atoms in total. The molecule has 1 amide bonds. The van der Waals surface area contributed by atoms with E-state index in [1.807, 2.05) is 0 Å². The third-order valence-electron chi connectivity index (χ3n) is 4.70. The van der Waals surface area contributed by atoms with Crippen LogP contribution in [-0.2, 0) is 0 Å². The molecule has 0 saturated carbocycles. The van der Waals surface area contributed by atoms with Gasteiger partial charge in [0.1, 0.15) is 11.5 Å². The van der Waals surface area contributed by atoms with Crippen LogP contribution >= 0.6 is 0 Å². The van der Waals surface area contributed by atoms with Crippen LogP contribution in [-0.4, -0.2) is 46.5 Å². The van der Waals surface area contributed by atoms with Crippen LogP contribution in [0.3, 0.4) is 0 Å². The molecule has 3 rings (SSSR count). The summed E-state index contributed by atoms with van der Waals surface area (Å²) in [6.45, 7) is 0. The number of nitrogens with one attached hydrogen (secondary N) is 1. The number of benzene rings is 3. The molecule has 0 aliphatic heterocycles. The Labute approximate surface area is 196 Å². The van der Waals surface area contributed by atoms with E-state index in [0.29, 0.717) is 39.9 Å². The van der Waals surface area contributed by atoms with Crippen molar-refractivity contribution in [1.29, 1.82) is 0 Å². The normalized spacial score (nSPS) is 10.5. The van der Waals surface area contributed by atoms with Crippen molar-refractivity contribution in [2.75, 3.05) is 28.4 Å². The molecule has 0 saturated heterocycles. The van der Waals surface area contributed by atoms with Crippen molar-refractivity contribution in [3.8, 4) is 28.7 Å². The molecule has 1 N–H and O–H groups in total. The van der Waals surface area contributed by atoms with Crippen molar-refractivity contribution in [2.24, 2.45) is 5.10 Å². The summed E-state index contributed by atoms with van der Waals surface area (Å²) in [6, 6.07) is 16.3. The number of hydrazone groups is 1. The fourth-order valence-corrected chi connectivity index (χ4v) is 2.99. The first-order valence-electron chi connectivity index (χ1n) is 10.1. The van der Waals surface area contributed by atoms with Gasteiger partial charge in [-0.1, -0.05) is 12.1 Å². The number of carbonyl (C=O) groups is 2. The van der Waals surface area contributed by atoms with Crippen LogP contribution in [0.2, 0.25) is 0 Å². The van der Waals surface area contributed by atoms with E-state index < -0.39 is 11.9 Å². The molecule has 0 bridgehead atoms. The van der Waals surface area contributed by atoms with E-state index in [4.69, 9.17) is 23.7 Å². The zero-order chi connectivity index (χ0) is 24.5. The van der Waals surface area contributed by atoms with Crippen LogP contribution in [0, 0.1) is 0 Å². The van der Waals surface area contributed by atoms with Crippen LogP contribution in [0.1, 0.15) is 26.3 Å². The molecular formula is C25H24N2O7. The lowest BCUT2D eigenvalue weighted by Gasteiger charge is -2.13. The van der Waals surface area contributed by atoms with Crippen LogP contribution < -0.4 is 29.1 Å². The van der Waals surface area contributed by atoms with E-state index in [2.05, 4.69) is 10.5 Å². The highest BCUT2D eigenvalue weighted by molar-refractivity contribution is 5.96. The van der Waals surface area contributed by atoms with Gasteiger partial charge < -0.3 is 23.7 Å². The van der Waals surface area contributed by atoms with Gasteiger partial charge in [-0.15, -0.1) is 0 Å². The Morgan fingerprint density at radius 3 is 2.03 bits per heavy atom. The molecular weight excluding hydrogens is 440 g/mol. The fourth-order valence-electron chi connectivity index (χ4n) is 2.99. The lowest BCUT2D eigenvalue weighted by atomic mass is 10.1. The monoisotopic (exact) mass is 464 g/mol. The van der Waals surface area contributed by atoms with Crippen molar-refractivity contribution in [3.05, 3.63) is 77.4 Å². The molecule has 0 aliphatic carbocycles. The van der Waals surface area contributed by atoms with Crippen molar-refractivity contribution in [3.63, 3.8) is 0 Å². The third-order valence-corrected chi connectivity index (χ3v) is 4.70. The van der Waals surface area contributed by atoms with E-state index in [-0.39, 0.29) is 5.56 Å². The summed E-state index contributed by atoms with van der Waals surface area (Å²) >= 11 is 0. The Bertz CT molecular complexity index is 1170. The molecule has 0 unspecified atom stereocenters. The third kappa shape index (κ3) is 5.83. The van der Waals surface area contributed by atoms with Crippen LogP contribution in [0.5, 0.6) is 28.7 Å². The van der Waals surface area contributed by atoms with E-state index in [1.165, 1.54) is 39.7 Å². The highest BCUT2D eigenvalue weighted by Gasteiger charge is 2.16. The van der Waals surface area contributed by atoms with E-state index in [1.54, 1.807) is 55.6 Å². The predicted octanol–water partition coefficient (Wildman–Crippen LogP) is 3.70. The van der Waals surface area contributed by atoms with Gasteiger partial charge in [0.05, 0.1) is 40.2 Å². The Morgan fingerprint density at radius 2 is 1.44 bits per heavy atom. The molecule has 34 heavy (non-hydrogen) atoms. The number of amides is 1. The minimum atomic E-state index is -0.507. The summed E-state index contributed by atoms with van der Waals surface area (Å²) < 4.78 is 26.3. The lowest BCUT2D eigenvalue weighted by molar-refractivity contribution is 0.0734. The Kier molecular flexibility index (Phi) is 8.07. The second-order valence-corrected chi connectivity index (χ2v) is 6.80. The Balaban J connectivity index is 1.66. The quantitative estimate of drug-likeness (QED) is 0.223.